The average molecular weight is 299 g/mol. The van der Waals surface area contributed by atoms with Crippen LogP contribution in [-0.2, 0) is 0 Å². The van der Waals surface area contributed by atoms with Gasteiger partial charge in [0.05, 0.1) is 16.4 Å². The number of aromatic nitrogens is 1. The van der Waals surface area contributed by atoms with Crippen LogP contribution in [0.15, 0.2) is 16.7 Å². The van der Waals surface area contributed by atoms with Gasteiger partial charge in [0, 0.05) is 12.6 Å². The molecule has 0 saturated carbocycles. The first-order valence-electron chi connectivity index (χ1n) is 6.05. The van der Waals surface area contributed by atoms with E-state index in [0.717, 1.165) is 16.8 Å². The minimum absolute atomic E-state index is 0.389. The van der Waals surface area contributed by atoms with Crippen LogP contribution in [0.5, 0.6) is 0 Å². The van der Waals surface area contributed by atoms with Crippen molar-refractivity contribution in [1.82, 2.24) is 9.88 Å². The summed E-state index contributed by atoms with van der Waals surface area (Å²) in [5, 5.41) is 3.41. The highest BCUT2D eigenvalue weighted by Gasteiger charge is 2.15. The number of hydrogen-bond donors (Lipinski definition) is 2. The topological polar surface area (TPSA) is 54.2 Å². The van der Waals surface area contributed by atoms with E-state index in [2.05, 4.69) is 38.1 Å². The summed E-state index contributed by atoms with van der Waals surface area (Å²) in [6, 6.07) is 2.26. The minimum Gasteiger partial charge on any atom is -0.397 e. The fourth-order valence-electron chi connectivity index (χ4n) is 2.19. The van der Waals surface area contributed by atoms with Gasteiger partial charge in [-0.15, -0.1) is 0 Å². The Balaban J connectivity index is 1.90. The Labute approximate surface area is 111 Å². The second kappa shape index (κ2) is 5.69. The Morgan fingerprint density at radius 2 is 2.24 bits per heavy atom. The van der Waals surface area contributed by atoms with Crippen LogP contribution in [0, 0.1) is 0 Å². The lowest BCUT2D eigenvalue weighted by Crippen LogP contribution is -2.33. The highest BCUT2D eigenvalue weighted by atomic mass is 79.9. The monoisotopic (exact) mass is 298 g/mol. The number of nitrogens with two attached hydrogens (primary N) is 1. The van der Waals surface area contributed by atoms with Crippen molar-refractivity contribution in [2.75, 3.05) is 30.7 Å². The molecule has 0 spiro atoms. The standard InChI is InChI=1S/C12H19BrN4/c1-9(8-17-4-2-3-5-17)16-12-11(13)6-10(14)7-15-12/h6-7,9H,2-5,8,14H2,1H3,(H,15,16). The fraction of sp³-hybridized carbons (Fsp3) is 0.583. The van der Waals surface area contributed by atoms with Crippen molar-refractivity contribution in [2.24, 2.45) is 0 Å². The summed E-state index contributed by atoms with van der Waals surface area (Å²) >= 11 is 3.47. The van der Waals surface area contributed by atoms with Crippen molar-refractivity contribution in [3.05, 3.63) is 16.7 Å². The van der Waals surface area contributed by atoms with Gasteiger partial charge in [0.2, 0.25) is 0 Å². The first kappa shape index (κ1) is 12.6. The predicted molar refractivity (Wildman–Crippen MR) is 75.1 cm³/mol. The smallest absolute Gasteiger partial charge is 0.140 e. The quantitative estimate of drug-likeness (QED) is 0.896. The third kappa shape index (κ3) is 3.57. The van der Waals surface area contributed by atoms with Crippen molar-refractivity contribution in [2.45, 2.75) is 25.8 Å². The molecule has 1 saturated heterocycles. The molecule has 1 atom stereocenters. The van der Waals surface area contributed by atoms with Crippen LogP contribution in [0.3, 0.4) is 0 Å². The van der Waals surface area contributed by atoms with Crippen molar-refractivity contribution in [1.29, 1.82) is 0 Å². The van der Waals surface area contributed by atoms with E-state index < -0.39 is 0 Å². The molecule has 1 aliphatic heterocycles. The summed E-state index contributed by atoms with van der Waals surface area (Å²) in [6.07, 6.45) is 4.34. The van der Waals surface area contributed by atoms with Gasteiger partial charge >= 0.3 is 0 Å². The van der Waals surface area contributed by atoms with E-state index >= 15 is 0 Å². The molecule has 0 aliphatic carbocycles. The normalized spacial score (nSPS) is 18.2. The number of halogens is 1. The van der Waals surface area contributed by atoms with Crippen LogP contribution >= 0.6 is 15.9 Å². The molecule has 0 aromatic carbocycles. The first-order chi connectivity index (χ1) is 8.15. The molecule has 94 valence electrons. The number of nitrogen functional groups attached to an aromatic ring is 1. The molecule has 1 aliphatic rings. The lowest BCUT2D eigenvalue weighted by Gasteiger charge is -2.22. The van der Waals surface area contributed by atoms with Gasteiger partial charge in [-0.25, -0.2) is 4.98 Å². The Hall–Kier alpha value is -0.810. The maximum atomic E-state index is 5.66. The third-order valence-corrected chi connectivity index (χ3v) is 3.58. The summed E-state index contributed by atoms with van der Waals surface area (Å²) in [4.78, 5) is 6.78. The zero-order chi connectivity index (χ0) is 12.3. The van der Waals surface area contributed by atoms with E-state index in [1.54, 1.807) is 6.20 Å². The van der Waals surface area contributed by atoms with E-state index in [9.17, 15) is 0 Å². The third-order valence-electron chi connectivity index (χ3n) is 2.98. The van der Waals surface area contributed by atoms with E-state index in [1.807, 2.05) is 6.07 Å². The zero-order valence-corrected chi connectivity index (χ0v) is 11.7. The molecular weight excluding hydrogens is 280 g/mol. The zero-order valence-electron chi connectivity index (χ0n) is 10.1. The summed E-state index contributed by atoms with van der Waals surface area (Å²) in [5.41, 5.74) is 6.34. The van der Waals surface area contributed by atoms with Gasteiger partial charge in [0.25, 0.3) is 0 Å². The molecule has 0 bridgehead atoms. The lowest BCUT2D eigenvalue weighted by molar-refractivity contribution is 0.327. The van der Waals surface area contributed by atoms with Crippen LogP contribution in [0.25, 0.3) is 0 Å². The number of hydrogen-bond acceptors (Lipinski definition) is 4. The molecule has 17 heavy (non-hydrogen) atoms. The number of likely N-dealkylation sites (tertiary alicyclic amines) is 1. The fourth-order valence-corrected chi connectivity index (χ4v) is 2.67. The number of pyridine rings is 1. The maximum absolute atomic E-state index is 5.66. The summed E-state index contributed by atoms with van der Waals surface area (Å²) in [7, 11) is 0. The Morgan fingerprint density at radius 1 is 1.53 bits per heavy atom. The van der Waals surface area contributed by atoms with Gasteiger partial charge in [-0.3, -0.25) is 0 Å². The predicted octanol–water partition coefficient (Wildman–Crippen LogP) is 2.32. The Kier molecular flexibility index (Phi) is 4.23. The number of anilines is 2. The van der Waals surface area contributed by atoms with Gasteiger partial charge < -0.3 is 16.0 Å². The van der Waals surface area contributed by atoms with Gasteiger partial charge in [0.15, 0.2) is 0 Å². The van der Waals surface area contributed by atoms with E-state index in [0.29, 0.717) is 11.7 Å². The average Bonchev–Trinajstić information content (AvgIpc) is 2.75. The Bertz CT molecular complexity index is 377. The van der Waals surface area contributed by atoms with E-state index in [1.165, 1.54) is 25.9 Å². The van der Waals surface area contributed by atoms with Crippen LogP contribution in [-0.4, -0.2) is 35.6 Å². The van der Waals surface area contributed by atoms with Crippen molar-refractivity contribution < 1.29 is 0 Å². The van der Waals surface area contributed by atoms with Crippen LogP contribution in [0.1, 0.15) is 19.8 Å². The lowest BCUT2D eigenvalue weighted by atomic mass is 10.3. The second-order valence-electron chi connectivity index (χ2n) is 4.65. The molecular formula is C12H19BrN4. The van der Waals surface area contributed by atoms with Crippen LogP contribution in [0.2, 0.25) is 0 Å². The number of nitrogens with one attached hydrogen (secondary N) is 1. The molecule has 2 heterocycles. The number of nitrogens with zero attached hydrogens (tertiary/aromatic N) is 2. The summed E-state index contributed by atoms with van der Waals surface area (Å²) in [6.45, 7) is 5.70. The highest BCUT2D eigenvalue weighted by molar-refractivity contribution is 9.10. The van der Waals surface area contributed by atoms with Crippen LogP contribution in [0.4, 0.5) is 11.5 Å². The molecule has 1 aromatic rings. The first-order valence-corrected chi connectivity index (χ1v) is 6.84. The molecule has 2 rings (SSSR count). The maximum Gasteiger partial charge on any atom is 0.140 e. The van der Waals surface area contributed by atoms with E-state index in [-0.39, 0.29) is 0 Å². The summed E-state index contributed by atoms with van der Waals surface area (Å²) in [5.74, 6) is 0.867. The molecule has 1 aromatic heterocycles. The van der Waals surface area contributed by atoms with E-state index in [4.69, 9.17) is 5.73 Å². The van der Waals surface area contributed by atoms with Crippen LogP contribution < -0.4 is 11.1 Å². The van der Waals surface area contributed by atoms with Gasteiger partial charge in [-0.05, 0) is 54.9 Å². The van der Waals surface area contributed by atoms with Gasteiger partial charge in [0.1, 0.15) is 5.82 Å². The van der Waals surface area contributed by atoms with Gasteiger partial charge in [-0.1, -0.05) is 0 Å². The minimum atomic E-state index is 0.389. The molecule has 1 unspecified atom stereocenters. The molecule has 1 fully saturated rings. The van der Waals surface area contributed by atoms with Gasteiger partial charge in [-0.2, -0.15) is 0 Å². The molecule has 4 nitrogen and oxygen atoms in total. The summed E-state index contributed by atoms with van der Waals surface area (Å²) < 4.78 is 0.922. The SMILES string of the molecule is CC(CN1CCCC1)Nc1ncc(N)cc1Br. The number of rotatable bonds is 4. The molecule has 0 amide bonds. The molecule has 5 heteroatoms. The molecule has 3 N–H and O–H groups in total. The van der Waals surface area contributed by atoms with Crippen molar-refractivity contribution in [3.63, 3.8) is 0 Å². The highest BCUT2D eigenvalue weighted by Crippen LogP contribution is 2.22. The molecule has 0 radical (unpaired) electrons. The largest absolute Gasteiger partial charge is 0.397 e. The second-order valence-corrected chi connectivity index (χ2v) is 5.51. The van der Waals surface area contributed by atoms with Crippen molar-refractivity contribution in [3.8, 4) is 0 Å². The Morgan fingerprint density at radius 3 is 2.88 bits per heavy atom. The van der Waals surface area contributed by atoms with Crippen molar-refractivity contribution >= 4 is 27.4 Å².